The molecule has 2 aromatic carbocycles. The molecule has 0 saturated heterocycles. The third kappa shape index (κ3) is 3.45. The van der Waals surface area contributed by atoms with E-state index in [1.165, 1.54) is 16.7 Å². The molecule has 1 heterocycles. The molecule has 0 atom stereocenters. The molecule has 0 amide bonds. The summed E-state index contributed by atoms with van der Waals surface area (Å²) in [7, 11) is 0. The summed E-state index contributed by atoms with van der Waals surface area (Å²) in [6.45, 7) is -0.407. The van der Waals surface area contributed by atoms with E-state index in [0.717, 1.165) is 18.4 Å². The number of ether oxygens (including phenoxy) is 1. The van der Waals surface area contributed by atoms with E-state index in [4.69, 9.17) is 10.00 Å². The summed E-state index contributed by atoms with van der Waals surface area (Å²) in [5, 5.41) is 9.53. The molecule has 1 saturated carbocycles. The number of hydrogen-bond acceptors (Lipinski definition) is 5. The number of carbonyl (C=O) groups excluding carboxylic acids is 1. The minimum Gasteiger partial charge on any atom is -0.457 e. The third-order valence-corrected chi connectivity index (χ3v) is 5.75. The van der Waals surface area contributed by atoms with Gasteiger partial charge >= 0.3 is 5.97 Å². The minimum absolute atomic E-state index is 0.188. The molecule has 1 aliphatic rings. The van der Waals surface area contributed by atoms with Gasteiger partial charge in [-0.15, -0.1) is 0 Å². The zero-order valence-corrected chi connectivity index (χ0v) is 16.3. The Morgan fingerprint density at radius 3 is 2.57 bits per heavy atom. The van der Waals surface area contributed by atoms with Gasteiger partial charge in [-0.2, -0.15) is 5.26 Å². The Hall–Kier alpha value is -3.53. The van der Waals surface area contributed by atoms with Crippen LogP contribution in [0.5, 0.6) is 0 Å². The standard InChI is InChI=1S/C23H20FN3O3/c24-17-9-7-16(8-10-17)23(11-3-4-12-23)22(29)30-15-20-26-19-6-2-1-5-18(19)21(28)27(20)14-13-25/h1-2,5-10H,3-4,11-12,14-15H2. The van der Waals surface area contributed by atoms with Crippen LogP contribution in [0.2, 0.25) is 0 Å². The fraction of sp³-hybridized carbons (Fsp3) is 0.304. The zero-order valence-electron chi connectivity index (χ0n) is 16.3. The van der Waals surface area contributed by atoms with Gasteiger partial charge in [0.25, 0.3) is 5.56 Å². The Morgan fingerprint density at radius 2 is 1.87 bits per heavy atom. The second-order valence-electron chi connectivity index (χ2n) is 7.47. The Labute approximate surface area is 172 Å². The van der Waals surface area contributed by atoms with Crippen LogP contribution in [-0.4, -0.2) is 15.5 Å². The van der Waals surface area contributed by atoms with Gasteiger partial charge in [0.05, 0.1) is 22.4 Å². The van der Waals surface area contributed by atoms with Crippen LogP contribution in [0.1, 0.15) is 37.1 Å². The lowest BCUT2D eigenvalue weighted by Gasteiger charge is -2.27. The molecule has 4 rings (SSSR count). The van der Waals surface area contributed by atoms with Gasteiger partial charge in [-0.25, -0.2) is 9.37 Å². The molecule has 1 aliphatic carbocycles. The van der Waals surface area contributed by atoms with Crippen molar-refractivity contribution in [3.05, 3.63) is 76.1 Å². The molecule has 0 unspecified atom stereocenters. The summed E-state index contributed by atoms with van der Waals surface area (Å²) in [5.41, 5.74) is 0.0386. The minimum atomic E-state index is -0.828. The summed E-state index contributed by atoms with van der Waals surface area (Å²) < 4.78 is 20.2. The van der Waals surface area contributed by atoms with Gasteiger partial charge in [-0.05, 0) is 42.7 Å². The number of para-hydroxylation sites is 1. The molecular weight excluding hydrogens is 385 g/mol. The lowest BCUT2D eigenvalue weighted by atomic mass is 9.79. The van der Waals surface area contributed by atoms with Crippen LogP contribution in [-0.2, 0) is 28.1 Å². The maximum atomic E-state index is 13.4. The van der Waals surface area contributed by atoms with Gasteiger partial charge in [-0.1, -0.05) is 37.1 Å². The van der Waals surface area contributed by atoms with Crippen molar-refractivity contribution in [3.8, 4) is 6.07 Å². The average molecular weight is 405 g/mol. The molecule has 1 fully saturated rings. The van der Waals surface area contributed by atoms with Crippen molar-refractivity contribution < 1.29 is 13.9 Å². The number of hydrogen-bond donors (Lipinski definition) is 0. The van der Waals surface area contributed by atoms with Gasteiger partial charge in [0.2, 0.25) is 0 Å². The molecule has 152 valence electrons. The Balaban J connectivity index is 1.65. The molecule has 0 aliphatic heterocycles. The molecule has 0 radical (unpaired) electrons. The fourth-order valence-electron chi connectivity index (χ4n) is 4.18. The van der Waals surface area contributed by atoms with Crippen LogP contribution in [0, 0.1) is 17.1 Å². The van der Waals surface area contributed by atoms with Crippen LogP contribution < -0.4 is 5.56 Å². The molecule has 6 nitrogen and oxygen atoms in total. The Bertz CT molecular complexity index is 1190. The van der Waals surface area contributed by atoms with Gasteiger partial charge < -0.3 is 4.74 Å². The van der Waals surface area contributed by atoms with E-state index < -0.39 is 11.4 Å². The maximum absolute atomic E-state index is 13.4. The summed E-state index contributed by atoms with van der Waals surface area (Å²) in [4.78, 5) is 30.3. The van der Waals surface area contributed by atoms with E-state index in [-0.39, 0.29) is 30.4 Å². The molecule has 3 aromatic rings. The molecule has 0 spiro atoms. The van der Waals surface area contributed by atoms with Crippen molar-refractivity contribution in [3.63, 3.8) is 0 Å². The molecular formula is C23H20FN3O3. The van der Waals surface area contributed by atoms with Crippen molar-refractivity contribution in [2.24, 2.45) is 0 Å². The largest absolute Gasteiger partial charge is 0.457 e. The average Bonchev–Trinajstić information content (AvgIpc) is 3.26. The van der Waals surface area contributed by atoms with Crippen LogP contribution in [0.4, 0.5) is 4.39 Å². The summed E-state index contributed by atoms with van der Waals surface area (Å²) in [6, 6.07) is 14.8. The first-order valence-electron chi connectivity index (χ1n) is 9.84. The SMILES string of the molecule is N#CCn1c(COC(=O)C2(c3ccc(F)cc3)CCCC2)nc2ccccc2c1=O. The van der Waals surface area contributed by atoms with Crippen molar-refractivity contribution in [1.82, 2.24) is 9.55 Å². The van der Waals surface area contributed by atoms with Crippen LogP contribution >= 0.6 is 0 Å². The number of fused-ring (bicyclic) bond motifs is 1. The highest BCUT2D eigenvalue weighted by Crippen LogP contribution is 2.42. The number of nitrogens with zero attached hydrogens (tertiary/aromatic N) is 3. The monoisotopic (exact) mass is 405 g/mol. The molecule has 30 heavy (non-hydrogen) atoms. The number of aromatic nitrogens is 2. The maximum Gasteiger partial charge on any atom is 0.317 e. The van der Waals surface area contributed by atoms with Gasteiger partial charge in [0.15, 0.2) is 5.82 Å². The lowest BCUT2D eigenvalue weighted by Crippen LogP contribution is -2.35. The number of nitriles is 1. The first-order chi connectivity index (χ1) is 14.5. The van der Waals surface area contributed by atoms with Crippen molar-refractivity contribution in [2.45, 2.75) is 44.2 Å². The quantitative estimate of drug-likeness (QED) is 0.606. The molecule has 0 N–H and O–H groups in total. The van der Waals surface area contributed by atoms with E-state index in [9.17, 15) is 14.0 Å². The number of carbonyl (C=O) groups is 1. The topological polar surface area (TPSA) is 85.0 Å². The van der Waals surface area contributed by atoms with E-state index in [2.05, 4.69) is 4.98 Å². The molecule has 0 bridgehead atoms. The lowest BCUT2D eigenvalue weighted by molar-refractivity contribution is -0.152. The van der Waals surface area contributed by atoms with E-state index in [1.807, 2.05) is 6.07 Å². The highest BCUT2D eigenvalue weighted by Gasteiger charge is 2.44. The second-order valence-corrected chi connectivity index (χ2v) is 7.47. The molecule has 1 aromatic heterocycles. The highest BCUT2D eigenvalue weighted by atomic mass is 19.1. The summed E-state index contributed by atoms with van der Waals surface area (Å²) in [5.74, 6) is -0.556. The summed E-state index contributed by atoms with van der Waals surface area (Å²) in [6.07, 6.45) is 2.99. The Kier molecular flexibility index (Phi) is 5.32. The summed E-state index contributed by atoms with van der Waals surface area (Å²) >= 11 is 0. The number of halogens is 1. The first kappa shape index (κ1) is 19.8. The second kappa shape index (κ2) is 8.07. The van der Waals surface area contributed by atoms with Crippen LogP contribution in [0.15, 0.2) is 53.3 Å². The predicted molar refractivity (Wildman–Crippen MR) is 108 cm³/mol. The van der Waals surface area contributed by atoms with Gasteiger partial charge in [0, 0.05) is 0 Å². The van der Waals surface area contributed by atoms with Crippen LogP contribution in [0.25, 0.3) is 10.9 Å². The zero-order chi connectivity index (χ0) is 21.1. The smallest absolute Gasteiger partial charge is 0.317 e. The number of benzene rings is 2. The van der Waals surface area contributed by atoms with Crippen molar-refractivity contribution in [2.75, 3.05) is 0 Å². The van der Waals surface area contributed by atoms with E-state index in [1.54, 1.807) is 36.4 Å². The Morgan fingerprint density at radius 1 is 1.17 bits per heavy atom. The van der Waals surface area contributed by atoms with E-state index >= 15 is 0 Å². The normalized spacial score (nSPS) is 15.1. The fourth-order valence-corrected chi connectivity index (χ4v) is 4.18. The highest BCUT2D eigenvalue weighted by molar-refractivity contribution is 5.83. The number of esters is 1. The molecule has 7 heteroatoms. The van der Waals surface area contributed by atoms with E-state index in [0.29, 0.717) is 23.7 Å². The van der Waals surface area contributed by atoms with Gasteiger partial charge in [0.1, 0.15) is 19.0 Å². The van der Waals surface area contributed by atoms with Crippen molar-refractivity contribution in [1.29, 1.82) is 5.26 Å². The first-order valence-corrected chi connectivity index (χ1v) is 9.84. The third-order valence-electron chi connectivity index (χ3n) is 5.75. The van der Waals surface area contributed by atoms with Crippen LogP contribution in [0.3, 0.4) is 0 Å². The van der Waals surface area contributed by atoms with Crippen molar-refractivity contribution >= 4 is 16.9 Å². The number of rotatable bonds is 5. The predicted octanol–water partition coefficient (Wildman–Crippen LogP) is 3.61. The van der Waals surface area contributed by atoms with Gasteiger partial charge in [-0.3, -0.25) is 14.2 Å².